The molecule has 2 N–H and O–H groups in total. The first-order chi connectivity index (χ1) is 9.74. The highest BCUT2D eigenvalue weighted by Gasteiger charge is 2.15. The van der Waals surface area contributed by atoms with Crippen molar-refractivity contribution in [2.75, 3.05) is 41.7 Å². The quantitative estimate of drug-likeness (QED) is 0.909. The van der Waals surface area contributed by atoms with Crippen LogP contribution >= 0.6 is 0 Å². The van der Waals surface area contributed by atoms with Gasteiger partial charge in [0.15, 0.2) is 0 Å². The third-order valence-electron chi connectivity index (χ3n) is 3.81. The molecule has 0 radical (unpaired) electrons. The zero-order valence-corrected chi connectivity index (χ0v) is 12.7. The van der Waals surface area contributed by atoms with E-state index in [9.17, 15) is 0 Å². The van der Waals surface area contributed by atoms with Crippen molar-refractivity contribution in [2.24, 2.45) is 0 Å². The topological polar surface area (TPSA) is 71.2 Å². The number of nitrogen functional groups attached to an aromatic ring is 1. The molecule has 0 unspecified atom stereocenters. The highest BCUT2D eigenvalue weighted by molar-refractivity contribution is 5.43. The SMILES string of the molecule is CCN(CC)c1nc(N)nc(N2CCCCCCC2)n1. The number of anilines is 3. The fraction of sp³-hybridized carbons (Fsp3) is 0.786. The Morgan fingerprint density at radius 1 is 0.950 bits per heavy atom. The van der Waals surface area contributed by atoms with Gasteiger partial charge in [-0.05, 0) is 26.7 Å². The first-order valence-corrected chi connectivity index (χ1v) is 7.76. The Morgan fingerprint density at radius 3 is 2.15 bits per heavy atom. The molecule has 0 saturated carbocycles. The van der Waals surface area contributed by atoms with Gasteiger partial charge in [0.1, 0.15) is 0 Å². The Morgan fingerprint density at radius 2 is 1.55 bits per heavy atom. The molecule has 112 valence electrons. The van der Waals surface area contributed by atoms with Crippen LogP contribution in [0.15, 0.2) is 0 Å². The number of hydrogen-bond acceptors (Lipinski definition) is 6. The second-order valence-corrected chi connectivity index (χ2v) is 5.22. The van der Waals surface area contributed by atoms with E-state index in [0.717, 1.165) is 32.1 Å². The zero-order chi connectivity index (χ0) is 14.4. The van der Waals surface area contributed by atoms with Gasteiger partial charge >= 0.3 is 0 Å². The molecule has 1 aromatic heterocycles. The summed E-state index contributed by atoms with van der Waals surface area (Å²) in [6, 6.07) is 0. The molecule has 0 amide bonds. The van der Waals surface area contributed by atoms with Crippen molar-refractivity contribution in [3.05, 3.63) is 0 Å². The molecular weight excluding hydrogens is 252 g/mol. The van der Waals surface area contributed by atoms with Crippen LogP contribution in [-0.4, -0.2) is 41.1 Å². The third-order valence-corrected chi connectivity index (χ3v) is 3.81. The van der Waals surface area contributed by atoms with Gasteiger partial charge in [0.2, 0.25) is 17.8 Å². The average Bonchev–Trinajstić information content (AvgIpc) is 2.39. The van der Waals surface area contributed by atoms with E-state index in [4.69, 9.17) is 5.73 Å². The summed E-state index contributed by atoms with van der Waals surface area (Å²) in [5.74, 6) is 1.75. The molecule has 1 aromatic rings. The van der Waals surface area contributed by atoms with Gasteiger partial charge in [-0.2, -0.15) is 15.0 Å². The summed E-state index contributed by atoms with van der Waals surface area (Å²) >= 11 is 0. The summed E-state index contributed by atoms with van der Waals surface area (Å²) in [6.45, 7) is 7.97. The highest BCUT2D eigenvalue weighted by atomic mass is 15.3. The lowest BCUT2D eigenvalue weighted by Gasteiger charge is -2.26. The van der Waals surface area contributed by atoms with Crippen LogP contribution in [0.5, 0.6) is 0 Å². The normalized spacial score (nSPS) is 16.6. The van der Waals surface area contributed by atoms with Crippen LogP contribution in [-0.2, 0) is 0 Å². The Labute approximate surface area is 121 Å². The Bertz CT molecular complexity index is 410. The van der Waals surface area contributed by atoms with Crippen molar-refractivity contribution >= 4 is 17.8 Å². The molecule has 0 aliphatic carbocycles. The van der Waals surface area contributed by atoms with Crippen molar-refractivity contribution in [1.82, 2.24) is 15.0 Å². The maximum absolute atomic E-state index is 5.87. The van der Waals surface area contributed by atoms with Crippen molar-refractivity contribution in [2.45, 2.75) is 46.0 Å². The minimum absolute atomic E-state index is 0.318. The van der Waals surface area contributed by atoms with Crippen molar-refractivity contribution in [1.29, 1.82) is 0 Å². The van der Waals surface area contributed by atoms with Crippen LogP contribution < -0.4 is 15.5 Å². The summed E-state index contributed by atoms with van der Waals surface area (Å²) in [7, 11) is 0. The van der Waals surface area contributed by atoms with Crippen LogP contribution in [0.25, 0.3) is 0 Å². The largest absolute Gasteiger partial charge is 0.368 e. The molecule has 0 spiro atoms. The first kappa shape index (κ1) is 14.8. The van der Waals surface area contributed by atoms with Gasteiger partial charge < -0.3 is 15.5 Å². The van der Waals surface area contributed by atoms with E-state index in [1.165, 1.54) is 32.1 Å². The second kappa shape index (κ2) is 7.26. The van der Waals surface area contributed by atoms with E-state index in [-0.39, 0.29) is 0 Å². The molecule has 0 bridgehead atoms. The van der Waals surface area contributed by atoms with Gasteiger partial charge in [-0.25, -0.2) is 0 Å². The van der Waals surface area contributed by atoms with E-state index in [0.29, 0.717) is 11.9 Å². The molecule has 2 heterocycles. The molecule has 20 heavy (non-hydrogen) atoms. The molecule has 0 aromatic carbocycles. The number of nitrogens with two attached hydrogens (primary N) is 1. The monoisotopic (exact) mass is 278 g/mol. The summed E-state index contributed by atoms with van der Waals surface area (Å²) in [6.07, 6.45) is 6.33. The smallest absolute Gasteiger partial charge is 0.231 e. The van der Waals surface area contributed by atoms with Gasteiger partial charge in [0, 0.05) is 26.2 Å². The summed E-state index contributed by atoms with van der Waals surface area (Å²) in [5, 5.41) is 0. The van der Waals surface area contributed by atoms with Crippen LogP contribution in [0.1, 0.15) is 46.0 Å². The lowest BCUT2D eigenvalue weighted by atomic mass is 10.1. The number of hydrogen-bond donors (Lipinski definition) is 1. The Hall–Kier alpha value is -1.59. The molecule has 6 heteroatoms. The van der Waals surface area contributed by atoms with Crippen LogP contribution in [0.2, 0.25) is 0 Å². The molecule has 1 aliphatic heterocycles. The minimum atomic E-state index is 0.318. The molecule has 1 saturated heterocycles. The maximum atomic E-state index is 5.87. The highest BCUT2D eigenvalue weighted by Crippen LogP contribution is 2.18. The third kappa shape index (κ3) is 3.71. The molecule has 6 nitrogen and oxygen atoms in total. The molecular formula is C14H26N6. The zero-order valence-electron chi connectivity index (χ0n) is 12.7. The van der Waals surface area contributed by atoms with Gasteiger partial charge in [0.25, 0.3) is 0 Å². The maximum Gasteiger partial charge on any atom is 0.231 e. The van der Waals surface area contributed by atoms with Gasteiger partial charge in [0.05, 0.1) is 0 Å². The van der Waals surface area contributed by atoms with Crippen LogP contribution in [0, 0.1) is 0 Å². The summed E-state index contributed by atoms with van der Waals surface area (Å²) in [4.78, 5) is 17.6. The second-order valence-electron chi connectivity index (χ2n) is 5.22. The lowest BCUT2D eigenvalue weighted by molar-refractivity contribution is 0.550. The summed E-state index contributed by atoms with van der Waals surface area (Å²) in [5.41, 5.74) is 5.87. The van der Waals surface area contributed by atoms with E-state index in [1.54, 1.807) is 0 Å². The van der Waals surface area contributed by atoms with Crippen LogP contribution in [0.4, 0.5) is 17.8 Å². The molecule has 1 fully saturated rings. The van der Waals surface area contributed by atoms with Gasteiger partial charge in [-0.3, -0.25) is 0 Å². The Balaban J connectivity index is 2.21. The number of rotatable bonds is 4. The first-order valence-electron chi connectivity index (χ1n) is 7.76. The fourth-order valence-corrected chi connectivity index (χ4v) is 2.61. The van der Waals surface area contributed by atoms with Crippen molar-refractivity contribution in [3.63, 3.8) is 0 Å². The van der Waals surface area contributed by atoms with Crippen molar-refractivity contribution < 1.29 is 0 Å². The molecule has 0 atom stereocenters. The minimum Gasteiger partial charge on any atom is -0.368 e. The predicted molar refractivity (Wildman–Crippen MR) is 83.1 cm³/mol. The fourth-order valence-electron chi connectivity index (χ4n) is 2.61. The van der Waals surface area contributed by atoms with E-state index >= 15 is 0 Å². The summed E-state index contributed by atoms with van der Waals surface area (Å²) < 4.78 is 0. The molecule has 2 rings (SSSR count). The van der Waals surface area contributed by atoms with E-state index in [2.05, 4.69) is 38.6 Å². The van der Waals surface area contributed by atoms with E-state index in [1.807, 2.05) is 0 Å². The Kier molecular flexibility index (Phi) is 5.38. The van der Waals surface area contributed by atoms with Gasteiger partial charge in [-0.15, -0.1) is 0 Å². The lowest BCUT2D eigenvalue weighted by Crippen LogP contribution is -2.31. The standard InChI is InChI=1S/C14H26N6/c1-3-19(4-2)13-16-12(15)17-14(18-13)20-10-8-6-5-7-9-11-20/h3-11H2,1-2H3,(H2,15,16,17,18). The number of aromatic nitrogens is 3. The van der Waals surface area contributed by atoms with Crippen molar-refractivity contribution in [3.8, 4) is 0 Å². The van der Waals surface area contributed by atoms with Gasteiger partial charge in [-0.1, -0.05) is 19.3 Å². The predicted octanol–water partition coefficient (Wildman–Crippen LogP) is 2.07. The average molecular weight is 278 g/mol. The molecule has 1 aliphatic rings. The van der Waals surface area contributed by atoms with Crippen LogP contribution in [0.3, 0.4) is 0 Å². The number of nitrogens with zero attached hydrogens (tertiary/aromatic N) is 5. The van der Waals surface area contributed by atoms with E-state index < -0.39 is 0 Å².